The summed E-state index contributed by atoms with van der Waals surface area (Å²) in [6.45, 7) is 1.93. The molecule has 0 N–H and O–H groups in total. The van der Waals surface area contributed by atoms with Crippen molar-refractivity contribution >= 4 is 10.2 Å². The number of hydrogen-bond acceptors (Lipinski definition) is 3. The Morgan fingerprint density at radius 1 is 0.875 bits per heavy atom. The number of benzene rings is 2. The smallest absolute Gasteiger partial charge is 0.282 e. The summed E-state index contributed by atoms with van der Waals surface area (Å²) >= 11 is 0. The lowest BCUT2D eigenvalue weighted by atomic mass is 10.2. The molecule has 1 aliphatic rings. The molecular weight excluding hydrogens is 324 g/mol. The Bertz CT molecular complexity index is 761. The van der Waals surface area contributed by atoms with Crippen LogP contribution in [0.1, 0.15) is 17.5 Å². The van der Waals surface area contributed by atoms with E-state index in [2.05, 4.69) is 0 Å². The van der Waals surface area contributed by atoms with Crippen molar-refractivity contribution in [2.24, 2.45) is 0 Å². The van der Waals surface area contributed by atoms with E-state index in [-0.39, 0.29) is 0 Å². The molecule has 1 aliphatic heterocycles. The van der Waals surface area contributed by atoms with E-state index >= 15 is 0 Å². The van der Waals surface area contributed by atoms with Crippen molar-refractivity contribution in [2.75, 3.05) is 20.2 Å². The van der Waals surface area contributed by atoms with E-state index in [1.807, 2.05) is 54.6 Å². The standard InChI is InChI=1S/C18H22N2O3S/c1-23-18-10-8-17(9-11-18)15-20-13-5-12-19(24(20,21)22)14-16-6-3-2-4-7-16/h2-4,6-11H,5,12-15H2,1H3. The van der Waals surface area contributed by atoms with E-state index < -0.39 is 10.2 Å². The fraction of sp³-hybridized carbons (Fsp3) is 0.333. The van der Waals surface area contributed by atoms with Gasteiger partial charge in [0.1, 0.15) is 5.75 Å². The maximum absolute atomic E-state index is 12.9. The Hall–Kier alpha value is -1.89. The SMILES string of the molecule is COc1ccc(CN2CCCN(Cc3ccccc3)S2(=O)=O)cc1. The van der Waals surface area contributed by atoms with Crippen LogP contribution in [0.25, 0.3) is 0 Å². The normalized spacial score (nSPS) is 18.4. The number of hydrogen-bond donors (Lipinski definition) is 0. The monoisotopic (exact) mass is 346 g/mol. The molecule has 0 amide bonds. The fourth-order valence-corrected chi connectivity index (χ4v) is 4.53. The van der Waals surface area contributed by atoms with Crippen molar-refractivity contribution in [1.29, 1.82) is 0 Å². The molecule has 2 aromatic carbocycles. The summed E-state index contributed by atoms with van der Waals surface area (Å²) in [5.41, 5.74) is 1.97. The molecule has 0 spiro atoms. The summed E-state index contributed by atoms with van der Waals surface area (Å²) in [5, 5.41) is 0. The molecule has 0 saturated carbocycles. The molecule has 3 rings (SSSR count). The molecule has 2 aromatic rings. The number of methoxy groups -OCH3 is 1. The van der Waals surface area contributed by atoms with E-state index in [4.69, 9.17) is 4.74 Å². The second-order valence-corrected chi connectivity index (χ2v) is 7.79. The second kappa shape index (κ2) is 7.34. The number of nitrogens with zero attached hydrogens (tertiary/aromatic N) is 2. The minimum Gasteiger partial charge on any atom is -0.497 e. The van der Waals surface area contributed by atoms with Crippen LogP contribution in [-0.4, -0.2) is 37.2 Å². The van der Waals surface area contributed by atoms with Gasteiger partial charge in [-0.1, -0.05) is 42.5 Å². The molecule has 0 radical (unpaired) electrons. The van der Waals surface area contributed by atoms with Crippen LogP contribution in [0, 0.1) is 0 Å². The van der Waals surface area contributed by atoms with Crippen molar-refractivity contribution in [2.45, 2.75) is 19.5 Å². The van der Waals surface area contributed by atoms with Crippen LogP contribution in [0.4, 0.5) is 0 Å². The van der Waals surface area contributed by atoms with Gasteiger partial charge in [-0.15, -0.1) is 0 Å². The van der Waals surface area contributed by atoms with E-state index in [1.165, 1.54) is 0 Å². The van der Waals surface area contributed by atoms with Crippen LogP contribution in [0.15, 0.2) is 54.6 Å². The van der Waals surface area contributed by atoms with E-state index in [0.717, 1.165) is 23.3 Å². The molecule has 5 nitrogen and oxygen atoms in total. The maximum atomic E-state index is 12.9. The molecule has 0 aliphatic carbocycles. The minimum absolute atomic E-state index is 0.387. The highest BCUT2D eigenvalue weighted by Crippen LogP contribution is 2.22. The van der Waals surface area contributed by atoms with Gasteiger partial charge in [0, 0.05) is 26.2 Å². The van der Waals surface area contributed by atoms with E-state index in [0.29, 0.717) is 26.2 Å². The van der Waals surface area contributed by atoms with Crippen molar-refractivity contribution in [3.63, 3.8) is 0 Å². The Kier molecular flexibility index (Phi) is 5.18. The summed E-state index contributed by atoms with van der Waals surface area (Å²) in [5.74, 6) is 0.769. The summed E-state index contributed by atoms with van der Waals surface area (Å²) < 4.78 is 34.0. The molecule has 1 saturated heterocycles. The topological polar surface area (TPSA) is 49.9 Å². The van der Waals surface area contributed by atoms with Gasteiger partial charge in [0.2, 0.25) is 0 Å². The largest absolute Gasteiger partial charge is 0.497 e. The van der Waals surface area contributed by atoms with Gasteiger partial charge in [-0.05, 0) is 29.7 Å². The van der Waals surface area contributed by atoms with Crippen molar-refractivity contribution < 1.29 is 13.2 Å². The molecule has 6 heteroatoms. The van der Waals surface area contributed by atoms with Crippen molar-refractivity contribution in [3.8, 4) is 5.75 Å². The van der Waals surface area contributed by atoms with Crippen LogP contribution >= 0.6 is 0 Å². The zero-order chi connectivity index (χ0) is 17.0. The molecule has 0 aromatic heterocycles. The first kappa shape index (κ1) is 17.0. The zero-order valence-corrected chi connectivity index (χ0v) is 14.6. The molecule has 0 bridgehead atoms. The Balaban J connectivity index is 1.73. The molecular formula is C18H22N2O3S. The third kappa shape index (κ3) is 3.77. The Morgan fingerprint density at radius 3 is 1.96 bits per heavy atom. The summed E-state index contributed by atoms with van der Waals surface area (Å²) in [7, 11) is -1.82. The average molecular weight is 346 g/mol. The highest BCUT2D eigenvalue weighted by atomic mass is 32.2. The molecule has 1 fully saturated rings. The van der Waals surface area contributed by atoms with Crippen LogP contribution in [0.3, 0.4) is 0 Å². The lowest BCUT2D eigenvalue weighted by molar-refractivity contribution is 0.276. The van der Waals surface area contributed by atoms with Crippen LogP contribution in [0.2, 0.25) is 0 Å². The summed E-state index contributed by atoms with van der Waals surface area (Å²) in [6.07, 6.45) is 0.836. The zero-order valence-electron chi connectivity index (χ0n) is 13.8. The predicted molar refractivity (Wildman–Crippen MR) is 93.8 cm³/mol. The fourth-order valence-electron chi connectivity index (χ4n) is 2.86. The molecule has 0 atom stereocenters. The highest BCUT2D eigenvalue weighted by molar-refractivity contribution is 7.86. The van der Waals surface area contributed by atoms with Crippen LogP contribution < -0.4 is 4.74 Å². The van der Waals surface area contributed by atoms with Gasteiger partial charge in [0.25, 0.3) is 10.2 Å². The second-order valence-electron chi connectivity index (χ2n) is 5.86. The van der Waals surface area contributed by atoms with Crippen molar-refractivity contribution in [1.82, 2.24) is 8.61 Å². The minimum atomic E-state index is -3.44. The van der Waals surface area contributed by atoms with Gasteiger partial charge in [-0.2, -0.15) is 17.0 Å². The molecule has 1 heterocycles. The Morgan fingerprint density at radius 2 is 1.42 bits per heavy atom. The molecule has 0 unspecified atom stereocenters. The Labute approximate surface area is 143 Å². The first-order valence-corrected chi connectivity index (χ1v) is 9.41. The third-order valence-corrected chi connectivity index (χ3v) is 6.12. The van der Waals surface area contributed by atoms with Crippen LogP contribution in [-0.2, 0) is 23.3 Å². The number of rotatable bonds is 5. The maximum Gasteiger partial charge on any atom is 0.282 e. The number of ether oxygens (including phenoxy) is 1. The lowest BCUT2D eigenvalue weighted by Crippen LogP contribution is -2.48. The predicted octanol–water partition coefficient (Wildman–Crippen LogP) is 2.65. The summed E-state index contributed by atoms with van der Waals surface area (Å²) in [4.78, 5) is 0. The summed E-state index contributed by atoms with van der Waals surface area (Å²) in [6, 6.07) is 17.2. The molecule has 128 valence electrons. The van der Waals surface area contributed by atoms with E-state index in [1.54, 1.807) is 15.7 Å². The van der Waals surface area contributed by atoms with Crippen molar-refractivity contribution in [3.05, 3.63) is 65.7 Å². The lowest BCUT2D eigenvalue weighted by Gasteiger charge is -2.34. The van der Waals surface area contributed by atoms with Gasteiger partial charge in [0.05, 0.1) is 7.11 Å². The average Bonchev–Trinajstić information content (AvgIpc) is 2.60. The van der Waals surface area contributed by atoms with Gasteiger partial charge >= 0.3 is 0 Å². The van der Waals surface area contributed by atoms with Gasteiger partial charge in [-0.3, -0.25) is 0 Å². The van der Waals surface area contributed by atoms with Gasteiger partial charge in [0.15, 0.2) is 0 Å². The quantitative estimate of drug-likeness (QED) is 0.836. The third-order valence-electron chi connectivity index (χ3n) is 4.19. The first-order valence-electron chi connectivity index (χ1n) is 8.01. The van der Waals surface area contributed by atoms with Crippen LogP contribution in [0.5, 0.6) is 5.75 Å². The van der Waals surface area contributed by atoms with Gasteiger partial charge < -0.3 is 4.74 Å². The molecule has 24 heavy (non-hydrogen) atoms. The highest BCUT2D eigenvalue weighted by Gasteiger charge is 2.33. The first-order chi connectivity index (χ1) is 11.6. The van der Waals surface area contributed by atoms with Gasteiger partial charge in [-0.25, -0.2) is 0 Å². The van der Waals surface area contributed by atoms with E-state index in [9.17, 15) is 8.42 Å².